The molecular formula is C13H12ClNO2S. The van der Waals surface area contributed by atoms with Gasteiger partial charge in [0.25, 0.3) is 0 Å². The van der Waals surface area contributed by atoms with E-state index in [9.17, 15) is 4.79 Å². The normalized spacial score (nSPS) is 10.9. The summed E-state index contributed by atoms with van der Waals surface area (Å²) in [5, 5.41) is 10.5. The van der Waals surface area contributed by atoms with Gasteiger partial charge in [0.2, 0.25) is 0 Å². The van der Waals surface area contributed by atoms with Crippen molar-refractivity contribution in [3.05, 3.63) is 39.9 Å². The second-order valence-corrected chi connectivity index (χ2v) is 5.64. The number of carbonyl (C=O) groups is 1. The first-order valence-electron chi connectivity index (χ1n) is 5.49. The van der Waals surface area contributed by atoms with E-state index in [1.54, 1.807) is 12.1 Å². The van der Waals surface area contributed by atoms with Crippen molar-refractivity contribution in [2.45, 2.75) is 19.8 Å². The highest BCUT2D eigenvalue weighted by Gasteiger charge is 2.20. The van der Waals surface area contributed by atoms with Gasteiger partial charge in [0.05, 0.1) is 5.69 Å². The van der Waals surface area contributed by atoms with Crippen LogP contribution in [0.2, 0.25) is 5.02 Å². The third kappa shape index (κ3) is 2.54. The minimum Gasteiger partial charge on any atom is -0.477 e. The van der Waals surface area contributed by atoms with Crippen molar-refractivity contribution in [2.24, 2.45) is 0 Å². The first-order valence-corrected chi connectivity index (χ1v) is 6.68. The molecule has 0 radical (unpaired) electrons. The Morgan fingerprint density at radius 2 is 1.94 bits per heavy atom. The molecule has 1 aromatic carbocycles. The molecule has 0 atom stereocenters. The van der Waals surface area contributed by atoms with Gasteiger partial charge in [0.1, 0.15) is 9.88 Å². The molecule has 1 heterocycles. The Morgan fingerprint density at radius 1 is 1.33 bits per heavy atom. The quantitative estimate of drug-likeness (QED) is 0.913. The van der Waals surface area contributed by atoms with Gasteiger partial charge in [-0.25, -0.2) is 9.78 Å². The number of nitrogens with zero attached hydrogens (tertiary/aromatic N) is 1. The highest BCUT2D eigenvalue weighted by Crippen LogP contribution is 2.32. The lowest BCUT2D eigenvalue weighted by molar-refractivity contribution is 0.0700. The molecule has 0 fully saturated rings. The van der Waals surface area contributed by atoms with Crippen LogP contribution in [0.3, 0.4) is 0 Å². The van der Waals surface area contributed by atoms with Crippen molar-refractivity contribution >= 4 is 28.9 Å². The summed E-state index contributed by atoms with van der Waals surface area (Å²) in [6.07, 6.45) is 0. The van der Waals surface area contributed by atoms with E-state index in [0.29, 0.717) is 20.6 Å². The van der Waals surface area contributed by atoms with E-state index in [2.05, 4.69) is 4.98 Å². The molecule has 0 aliphatic rings. The Kier molecular flexibility index (Phi) is 3.68. The number of thiazole rings is 1. The third-order valence-electron chi connectivity index (χ3n) is 2.49. The van der Waals surface area contributed by atoms with Crippen LogP contribution in [0.15, 0.2) is 24.3 Å². The molecule has 1 N–H and O–H groups in total. The molecule has 18 heavy (non-hydrogen) atoms. The van der Waals surface area contributed by atoms with Crippen LogP contribution in [0.25, 0.3) is 10.6 Å². The van der Waals surface area contributed by atoms with E-state index < -0.39 is 5.97 Å². The minimum absolute atomic E-state index is 0.0911. The first-order chi connectivity index (χ1) is 8.49. The predicted molar refractivity (Wildman–Crippen MR) is 73.6 cm³/mol. The summed E-state index contributed by atoms with van der Waals surface area (Å²) < 4.78 is 0. The zero-order valence-corrected chi connectivity index (χ0v) is 11.5. The Labute approximate surface area is 114 Å². The van der Waals surface area contributed by atoms with Gasteiger partial charge in [-0.05, 0) is 18.1 Å². The molecule has 0 amide bonds. The maximum Gasteiger partial charge on any atom is 0.347 e. The average Bonchev–Trinajstić information content (AvgIpc) is 2.75. The van der Waals surface area contributed by atoms with Crippen LogP contribution in [0.1, 0.15) is 35.1 Å². The summed E-state index contributed by atoms with van der Waals surface area (Å²) in [5.74, 6) is -0.829. The van der Waals surface area contributed by atoms with Crippen LogP contribution in [0, 0.1) is 0 Å². The smallest absolute Gasteiger partial charge is 0.347 e. The number of aromatic nitrogens is 1. The number of aromatic carboxylic acids is 1. The highest BCUT2D eigenvalue weighted by molar-refractivity contribution is 7.17. The van der Waals surface area contributed by atoms with Crippen LogP contribution in [0.5, 0.6) is 0 Å². The largest absolute Gasteiger partial charge is 0.477 e. The van der Waals surface area contributed by atoms with E-state index >= 15 is 0 Å². The molecule has 1 aromatic heterocycles. The molecular weight excluding hydrogens is 270 g/mol. The second-order valence-electron chi connectivity index (χ2n) is 4.20. The van der Waals surface area contributed by atoms with Crippen molar-refractivity contribution in [1.82, 2.24) is 4.98 Å². The number of carboxylic acid groups (broad SMARTS) is 1. The molecule has 0 spiro atoms. The summed E-state index contributed by atoms with van der Waals surface area (Å²) >= 11 is 7.03. The molecule has 3 nitrogen and oxygen atoms in total. The van der Waals surface area contributed by atoms with Crippen LogP contribution in [-0.2, 0) is 0 Å². The van der Waals surface area contributed by atoms with Crippen molar-refractivity contribution in [3.63, 3.8) is 0 Å². The molecule has 2 aromatic rings. The zero-order chi connectivity index (χ0) is 13.3. The SMILES string of the molecule is CC(C)c1nc(-c2ccc(Cl)cc2)sc1C(=O)O. The van der Waals surface area contributed by atoms with Crippen molar-refractivity contribution in [1.29, 1.82) is 0 Å². The monoisotopic (exact) mass is 281 g/mol. The lowest BCUT2D eigenvalue weighted by Crippen LogP contribution is -2.00. The van der Waals surface area contributed by atoms with Crippen LogP contribution in [-0.4, -0.2) is 16.1 Å². The Hall–Kier alpha value is -1.39. The van der Waals surface area contributed by atoms with Gasteiger partial charge in [-0.1, -0.05) is 37.6 Å². The molecule has 5 heteroatoms. The van der Waals surface area contributed by atoms with Crippen LogP contribution in [0.4, 0.5) is 0 Å². The topological polar surface area (TPSA) is 50.2 Å². The first kappa shape index (κ1) is 13.1. The lowest BCUT2D eigenvalue weighted by atomic mass is 10.1. The second kappa shape index (κ2) is 5.08. The number of hydrogen-bond donors (Lipinski definition) is 1. The maximum absolute atomic E-state index is 11.2. The number of halogens is 1. The Balaban J connectivity index is 2.49. The number of hydrogen-bond acceptors (Lipinski definition) is 3. The Morgan fingerprint density at radius 3 is 2.39 bits per heavy atom. The van der Waals surface area contributed by atoms with Crippen molar-refractivity contribution in [2.75, 3.05) is 0 Å². The summed E-state index contributed by atoms with van der Waals surface area (Å²) in [5.41, 5.74) is 1.52. The number of benzene rings is 1. The lowest BCUT2D eigenvalue weighted by Gasteiger charge is -2.00. The predicted octanol–water partition coefficient (Wildman–Crippen LogP) is 4.29. The van der Waals surface area contributed by atoms with E-state index in [1.165, 1.54) is 11.3 Å². The Bertz CT molecular complexity index is 575. The van der Waals surface area contributed by atoms with E-state index in [1.807, 2.05) is 26.0 Å². The van der Waals surface area contributed by atoms with Gasteiger partial charge < -0.3 is 5.11 Å². The van der Waals surface area contributed by atoms with Gasteiger partial charge in [0, 0.05) is 10.6 Å². The van der Waals surface area contributed by atoms with E-state index in [0.717, 1.165) is 5.56 Å². The van der Waals surface area contributed by atoms with Gasteiger partial charge >= 0.3 is 5.97 Å². The molecule has 0 unspecified atom stereocenters. The maximum atomic E-state index is 11.2. The van der Waals surface area contributed by atoms with Crippen LogP contribution < -0.4 is 0 Å². The van der Waals surface area contributed by atoms with Gasteiger partial charge in [-0.2, -0.15) is 0 Å². The molecule has 0 saturated heterocycles. The van der Waals surface area contributed by atoms with E-state index in [-0.39, 0.29) is 5.92 Å². The van der Waals surface area contributed by atoms with Crippen LogP contribution >= 0.6 is 22.9 Å². The third-order valence-corrected chi connectivity index (χ3v) is 3.85. The van der Waals surface area contributed by atoms with E-state index in [4.69, 9.17) is 16.7 Å². The summed E-state index contributed by atoms with van der Waals surface area (Å²) in [6.45, 7) is 3.88. The minimum atomic E-state index is -0.920. The molecule has 0 aliphatic carbocycles. The summed E-state index contributed by atoms with van der Waals surface area (Å²) in [7, 11) is 0. The van der Waals surface area contributed by atoms with Gasteiger partial charge in [-0.15, -0.1) is 11.3 Å². The fraction of sp³-hybridized carbons (Fsp3) is 0.231. The fourth-order valence-corrected chi connectivity index (χ4v) is 2.78. The standard InChI is InChI=1S/C13H12ClNO2S/c1-7(2)10-11(13(16)17)18-12(15-10)8-3-5-9(14)6-4-8/h3-7H,1-2H3,(H,16,17). The van der Waals surface area contributed by atoms with Gasteiger partial charge in [-0.3, -0.25) is 0 Å². The molecule has 0 saturated carbocycles. The fourth-order valence-electron chi connectivity index (χ4n) is 1.59. The zero-order valence-electron chi connectivity index (χ0n) is 9.98. The molecule has 94 valence electrons. The van der Waals surface area contributed by atoms with Crippen molar-refractivity contribution in [3.8, 4) is 10.6 Å². The number of rotatable bonds is 3. The number of carboxylic acids is 1. The molecule has 0 aliphatic heterocycles. The summed E-state index contributed by atoms with van der Waals surface area (Å²) in [4.78, 5) is 15.9. The van der Waals surface area contributed by atoms with Gasteiger partial charge in [0.15, 0.2) is 0 Å². The van der Waals surface area contributed by atoms with Crippen molar-refractivity contribution < 1.29 is 9.90 Å². The highest BCUT2D eigenvalue weighted by atomic mass is 35.5. The molecule has 0 bridgehead atoms. The summed E-state index contributed by atoms with van der Waals surface area (Å²) in [6, 6.07) is 7.23. The average molecular weight is 282 g/mol. The molecule has 2 rings (SSSR count).